The molecular formula is C79H108ClN19O16. The van der Waals surface area contributed by atoms with Crippen molar-refractivity contribution in [3.8, 4) is 0 Å². The Balaban J connectivity index is 1.02. The number of imidazole rings is 2. The van der Waals surface area contributed by atoms with Gasteiger partial charge in [0.25, 0.3) is 0 Å². The number of unbranched alkanes of at least 4 members (excludes halogenated alkanes) is 3. The van der Waals surface area contributed by atoms with Crippen molar-refractivity contribution in [2.75, 3.05) is 38.9 Å². The number of carbonyl (C=O) groups is 13. The fourth-order valence-corrected chi connectivity index (χ4v) is 12.7. The van der Waals surface area contributed by atoms with E-state index in [9.17, 15) is 67.4 Å². The number of nitrogens with two attached hydrogens (primary N) is 2. The average Bonchev–Trinajstić information content (AvgIpc) is 1.74. The molecule has 13 amide bonds. The molecule has 7 rings (SSSR count). The van der Waals surface area contributed by atoms with Gasteiger partial charge in [-0.15, -0.1) is 11.6 Å². The van der Waals surface area contributed by atoms with Crippen molar-refractivity contribution in [1.82, 2.24) is 88.4 Å². The van der Waals surface area contributed by atoms with Crippen LogP contribution in [0.4, 0.5) is 0 Å². The van der Waals surface area contributed by atoms with Crippen molar-refractivity contribution in [3.63, 3.8) is 0 Å². The number of halogens is 1. The van der Waals surface area contributed by atoms with Crippen LogP contribution in [0.15, 0.2) is 116 Å². The molecule has 0 aliphatic heterocycles. The number of alkyl halides is 1. The maximum atomic E-state index is 14.9. The SMILES string of the molecule is CC[C@H](C)C(NC(=O)[C@H](Cc1cnc[nH]1)NC(=O)[C@H](Cc1ccccc1)NC(=O)C(NC(=O)[C@H](C)NC(=O)C(CC(N)=O)NC(=O)[C@H](Cc1c[nH]c2ccccc12)NC(=O)[C@H](NC(=O)CCC(=O)NCCOCCOCCCCCCCl)C(C)C)[C@@H](C)O)C(=O)N[C@@H](Cc1c[nH]c2ccccc12)C(=O)N[C@@H](Cc1cnc[nH]1)C(N)=O. The predicted molar refractivity (Wildman–Crippen MR) is 426 cm³/mol. The Labute approximate surface area is 670 Å². The van der Waals surface area contributed by atoms with Crippen LogP contribution >= 0.6 is 11.6 Å². The molecule has 0 aliphatic carbocycles. The number of aromatic amines is 4. The molecular weight excluding hydrogens is 1510 g/mol. The number of aromatic nitrogens is 6. The van der Waals surface area contributed by atoms with Gasteiger partial charge in [0.1, 0.15) is 60.4 Å². The highest BCUT2D eigenvalue weighted by atomic mass is 35.5. The van der Waals surface area contributed by atoms with E-state index in [1.54, 1.807) is 101 Å². The van der Waals surface area contributed by atoms with Crippen LogP contribution < -0.4 is 70.0 Å². The summed E-state index contributed by atoms with van der Waals surface area (Å²) in [5.74, 6) is -12.1. The molecule has 35 nitrogen and oxygen atoms in total. The number of H-pyrrole nitrogens is 4. The molecule has 4 heterocycles. The first-order chi connectivity index (χ1) is 55.1. The molecule has 36 heteroatoms. The van der Waals surface area contributed by atoms with E-state index in [1.807, 2.05) is 18.2 Å². The second-order valence-corrected chi connectivity index (χ2v) is 29.0. The number of hydrogen-bond acceptors (Lipinski definition) is 18. The number of primary amides is 2. The van der Waals surface area contributed by atoms with Crippen LogP contribution in [0.25, 0.3) is 21.8 Å². The summed E-state index contributed by atoms with van der Waals surface area (Å²) < 4.78 is 11.1. The lowest BCUT2D eigenvalue weighted by Gasteiger charge is -2.30. The Morgan fingerprint density at radius 2 is 0.922 bits per heavy atom. The first-order valence-electron chi connectivity index (χ1n) is 38.5. The Kier molecular flexibility index (Phi) is 36.7. The Hall–Kier alpha value is -11.6. The first kappa shape index (κ1) is 90.6. The number of nitrogens with one attached hydrogen (secondary N) is 15. The van der Waals surface area contributed by atoms with E-state index in [0.29, 0.717) is 71.1 Å². The Bertz CT molecular complexity index is 4350. The lowest BCUT2D eigenvalue weighted by atomic mass is 9.96. The number of hydrogen-bond donors (Lipinski definition) is 18. The zero-order valence-electron chi connectivity index (χ0n) is 65.4. The smallest absolute Gasteiger partial charge is 0.245 e. The Morgan fingerprint density at radius 3 is 1.45 bits per heavy atom. The van der Waals surface area contributed by atoms with Crippen molar-refractivity contribution in [2.24, 2.45) is 23.3 Å². The number of amides is 13. The molecule has 115 heavy (non-hydrogen) atoms. The fraction of sp³-hybridized carbons (Fsp3) is 0.481. The number of aliphatic hydroxyl groups is 1. The molecule has 0 saturated heterocycles. The van der Waals surface area contributed by atoms with Crippen LogP contribution in [0, 0.1) is 11.8 Å². The number of aliphatic hydroxyl groups excluding tert-OH is 1. The van der Waals surface area contributed by atoms with Gasteiger partial charge in [-0.3, -0.25) is 62.3 Å². The second kappa shape index (κ2) is 46.6. The molecule has 0 aliphatic rings. The number of para-hydroxylation sites is 2. The summed E-state index contributed by atoms with van der Waals surface area (Å²) in [5, 5.41) is 41.5. The lowest BCUT2D eigenvalue weighted by Crippen LogP contribution is -2.62. The predicted octanol–water partition coefficient (Wildman–Crippen LogP) is 0.649. The van der Waals surface area contributed by atoms with Crippen LogP contribution in [0.5, 0.6) is 0 Å². The summed E-state index contributed by atoms with van der Waals surface area (Å²) in [6.45, 7) is 10.9. The standard InChI is InChI=1S/C79H108ClN19O16/c1-7-46(4)68(78(112)96-60(34-50-39-86-56-23-15-13-21-54(50)56)74(108)91-58(70(82)104)36-52-41-83-43-88-52)98-76(110)62(37-53-42-84-44-89-53)92-73(107)59(33-49-19-11-10-12-20-49)94-79(113)69(48(6)100)99-71(105)47(5)90-72(106)63(38-64(81)101)93-75(109)61(35-51-40-87-57-24-16-14-22-55(51)57)95-77(111)67(45(2)3)97-66(103)26-25-65(102)85-28-30-115-32-31-114-29-18-9-8-17-27-80/h10-16,19-24,39-48,58-63,67-69,86-87,100H,7-9,17-18,25-38H2,1-6H3,(H2,81,101)(H2,82,104)(H,83,88)(H,84,89)(H,85,102)(H,90,106)(H,91,108)(H,92,107)(H,93,109)(H,94,113)(H,95,111)(H,96,112)(H,97,103)(H,98,110)(H,99,105)/t46-,47-,48+,58-,59-,60-,61-,62-,63?,67+,68?,69?/m0/s1. The van der Waals surface area contributed by atoms with Crippen LogP contribution in [0.1, 0.15) is 121 Å². The molecule has 622 valence electrons. The van der Waals surface area contributed by atoms with E-state index in [2.05, 4.69) is 88.4 Å². The van der Waals surface area contributed by atoms with Crippen molar-refractivity contribution < 1.29 is 76.9 Å². The zero-order valence-corrected chi connectivity index (χ0v) is 66.2. The number of carbonyl (C=O) groups excluding carboxylic acids is 13. The minimum Gasteiger partial charge on any atom is -0.391 e. The fourth-order valence-electron chi connectivity index (χ4n) is 12.5. The molecule has 3 unspecified atom stereocenters. The van der Waals surface area contributed by atoms with E-state index in [1.165, 1.54) is 38.9 Å². The number of nitrogens with zero attached hydrogens (tertiary/aromatic N) is 2. The van der Waals surface area contributed by atoms with Gasteiger partial charge in [-0.25, -0.2) is 9.97 Å². The van der Waals surface area contributed by atoms with Gasteiger partial charge in [0.2, 0.25) is 76.8 Å². The highest BCUT2D eigenvalue weighted by molar-refractivity contribution is 6.17. The van der Waals surface area contributed by atoms with Crippen molar-refractivity contribution in [2.45, 2.75) is 192 Å². The molecule has 4 aromatic heterocycles. The first-order valence-corrected chi connectivity index (χ1v) is 39.0. The molecule has 0 radical (unpaired) electrons. The largest absolute Gasteiger partial charge is 0.391 e. The van der Waals surface area contributed by atoms with Crippen LogP contribution in [0.2, 0.25) is 0 Å². The molecule has 3 aromatic carbocycles. The van der Waals surface area contributed by atoms with E-state index in [4.69, 9.17) is 32.5 Å². The molecule has 20 N–H and O–H groups in total. The summed E-state index contributed by atoms with van der Waals surface area (Å²) in [5.41, 5.74) is 15.4. The Morgan fingerprint density at radius 1 is 0.461 bits per heavy atom. The van der Waals surface area contributed by atoms with E-state index >= 15 is 0 Å². The van der Waals surface area contributed by atoms with Gasteiger partial charge < -0.3 is 104 Å². The summed E-state index contributed by atoms with van der Waals surface area (Å²) in [4.78, 5) is 203. The van der Waals surface area contributed by atoms with Crippen LogP contribution in [-0.2, 0) is 104 Å². The highest BCUT2D eigenvalue weighted by Gasteiger charge is 2.39. The van der Waals surface area contributed by atoms with Gasteiger partial charge in [0.05, 0.1) is 45.0 Å². The number of fused-ring (bicyclic) bond motifs is 2. The van der Waals surface area contributed by atoms with Gasteiger partial charge in [-0.05, 0) is 67.3 Å². The molecule has 12 atom stereocenters. The minimum absolute atomic E-state index is 0.0531. The van der Waals surface area contributed by atoms with E-state index in [-0.39, 0.29) is 58.1 Å². The summed E-state index contributed by atoms with van der Waals surface area (Å²) in [6, 6.07) is 7.69. The van der Waals surface area contributed by atoms with Gasteiger partial charge in [0.15, 0.2) is 0 Å². The maximum Gasteiger partial charge on any atom is 0.245 e. The second-order valence-electron chi connectivity index (χ2n) is 28.6. The summed E-state index contributed by atoms with van der Waals surface area (Å²) in [7, 11) is 0. The monoisotopic (exact) mass is 1610 g/mol. The molecule has 7 aromatic rings. The minimum atomic E-state index is -1.86. The molecule has 0 saturated carbocycles. The van der Waals surface area contributed by atoms with Gasteiger partial charge >= 0.3 is 0 Å². The van der Waals surface area contributed by atoms with Crippen LogP contribution in [-0.4, -0.2) is 217 Å². The third-order valence-electron chi connectivity index (χ3n) is 19.2. The molecule has 0 spiro atoms. The maximum absolute atomic E-state index is 14.9. The van der Waals surface area contributed by atoms with Gasteiger partial charge in [-0.2, -0.15) is 0 Å². The van der Waals surface area contributed by atoms with E-state index in [0.717, 1.165) is 36.6 Å². The van der Waals surface area contributed by atoms with Gasteiger partial charge in [-0.1, -0.05) is 114 Å². The number of benzene rings is 3. The lowest BCUT2D eigenvalue weighted by molar-refractivity contribution is -0.137. The molecule has 0 fully saturated rings. The third-order valence-corrected chi connectivity index (χ3v) is 19.5. The number of rotatable bonds is 51. The summed E-state index contributed by atoms with van der Waals surface area (Å²) >= 11 is 5.72. The topological polar surface area (TPSA) is 534 Å². The quantitative estimate of drug-likeness (QED) is 0.0184. The third kappa shape index (κ3) is 29.4. The van der Waals surface area contributed by atoms with Crippen molar-refractivity contribution in [1.29, 1.82) is 0 Å². The zero-order chi connectivity index (χ0) is 83.5. The highest BCUT2D eigenvalue weighted by Crippen LogP contribution is 2.23. The van der Waals surface area contributed by atoms with Gasteiger partial charge in [0, 0.05) is 122 Å². The summed E-state index contributed by atoms with van der Waals surface area (Å²) in [6.07, 6.45) is 9.31. The van der Waals surface area contributed by atoms with Crippen LogP contribution in [0.3, 0.4) is 0 Å². The average molecular weight is 1620 g/mol. The normalized spacial score (nSPS) is 14.5. The number of ether oxygens (including phenoxy) is 2. The van der Waals surface area contributed by atoms with Crippen molar-refractivity contribution >= 4 is 110 Å². The van der Waals surface area contributed by atoms with E-state index < -0.39 is 162 Å². The van der Waals surface area contributed by atoms with Crippen molar-refractivity contribution in [3.05, 3.63) is 144 Å². The molecule has 0 bridgehead atoms.